The third-order valence-corrected chi connectivity index (χ3v) is 4.82. The molecule has 0 fully saturated rings. The normalized spacial score (nSPS) is 31.7. The minimum Gasteiger partial charge on any atom is -0.0648 e. The first-order valence-electron chi connectivity index (χ1n) is 7.10. The average Bonchev–Trinajstić information content (AvgIpc) is 2.44. The highest BCUT2D eigenvalue weighted by atomic mass is 14.4. The molecule has 0 saturated heterocycles. The molecule has 4 aliphatic carbocycles. The Bertz CT molecular complexity index is 588. The van der Waals surface area contributed by atoms with E-state index in [9.17, 15) is 0 Å². The zero-order valence-corrected chi connectivity index (χ0v) is 10.8. The molecule has 0 radical (unpaired) electrons. The molecule has 0 spiro atoms. The van der Waals surface area contributed by atoms with E-state index in [1.165, 1.54) is 30.4 Å². The summed E-state index contributed by atoms with van der Waals surface area (Å²) in [7, 11) is 0. The predicted octanol–water partition coefficient (Wildman–Crippen LogP) is 4.65. The third-order valence-electron chi connectivity index (χ3n) is 4.82. The molecule has 18 heavy (non-hydrogen) atoms. The summed E-state index contributed by atoms with van der Waals surface area (Å²) in [6, 6.07) is 0. The maximum absolute atomic E-state index is 2.39. The molecular formula is C18H18. The van der Waals surface area contributed by atoms with Gasteiger partial charge in [0.15, 0.2) is 0 Å². The lowest BCUT2D eigenvalue weighted by Gasteiger charge is -2.39. The SMILES string of the molecule is CCC1CCC2=CC=C3C=CC=C4C=CC1=C2C43. The standard InChI is InChI=1S/C18H18/c1-2-12-6-7-15-9-8-13-4-3-5-14-10-11-16(12)18(15)17(13)14/h3-5,8-12,17H,2,6-7H2,1H3. The molecule has 0 bridgehead atoms. The highest BCUT2D eigenvalue weighted by molar-refractivity contribution is 5.64. The first-order chi connectivity index (χ1) is 8.88. The maximum Gasteiger partial charge on any atom is 0.0345 e. The topological polar surface area (TPSA) is 0 Å². The van der Waals surface area contributed by atoms with Crippen molar-refractivity contribution in [1.29, 1.82) is 0 Å². The quantitative estimate of drug-likeness (QED) is 0.619. The van der Waals surface area contributed by atoms with Crippen molar-refractivity contribution in [1.82, 2.24) is 0 Å². The van der Waals surface area contributed by atoms with Crippen molar-refractivity contribution in [2.45, 2.75) is 26.2 Å². The van der Waals surface area contributed by atoms with Gasteiger partial charge in [0.05, 0.1) is 0 Å². The smallest absolute Gasteiger partial charge is 0.0345 e. The van der Waals surface area contributed by atoms with Gasteiger partial charge in [0.1, 0.15) is 0 Å². The molecule has 4 rings (SSSR count). The third kappa shape index (κ3) is 1.26. The predicted molar refractivity (Wildman–Crippen MR) is 76.1 cm³/mol. The number of rotatable bonds is 1. The van der Waals surface area contributed by atoms with Gasteiger partial charge in [0, 0.05) is 5.92 Å². The van der Waals surface area contributed by atoms with Crippen LogP contribution in [0.1, 0.15) is 26.2 Å². The summed E-state index contributed by atoms with van der Waals surface area (Å²) in [5, 5.41) is 0. The van der Waals surface area contributed by atoms with Crippen LogP contribution in [-0.4, -0.2) is 0 Å². The molecule has 0 aromatic carbocycles. The fourth-order valence-electron chi connectivity index (χ4n) is 3.88. The molecule has 0 heteroatoms. The van der Waals surface area contributed by atoms with Crippen molar-refractivity contribution < 1.29 is 0 Å². The number of hydrogen-bond donors (Lipinski definition) is 0. The molecule has 0 nitrogen and oxygen atoms in total. The second-order valence-corrected chi connectivity index (χ2v) is 5.66. The molecule has 4 aliphatic rings. The Kier molecular flexibility index (Phi) is 2.14. The molecule has 0 aromatic heterocycles. The molecule has 90 valence electrons. The van der Waals surface area contributed by atoms with E-state index in [4.69, 9.17) is 0 Å². The molecular weight excluding hydrogens is 216 g/mol. The van der Waals surface area contributed by atoms with Gasteiger partial charge >= 0.3 is 0 Å². The molecule has 0 N–H and O–H groups in total. The minimum atomic E-state index is 0.546. The second-order valence-electron chi connectivity index (χ2n) is 5.66. The first-order valence-corrected chi connectivity index (χ1v) is 7.10. The summed E-state index contributed by atoms with van der Waals surface area (Å²) in [4.78, 5) is 0. The summed E-state index contributed by atoms with van der Waals surface area (Å²) in [6.07, 6.45) is 20.0. The zero-order valence-electron chi connectivity index (χ0n) is 10.8. The van der Waals surface area contributed by atoms with Gasteiger partial charge in [-0.25, -0.2) is 0 Å². The van der Waals surface area contributed by atoms with E-state index < -0.39 is 0 Å². The monoisotopic (exact) mass is 234 g/mol. The van der Waals surface area contributed by atoms with Gasteiger partial charge in [0.25, 0.3) is 0 Å². The van der Waals surface area contributed by atoms with Crippen LogP contribution in [0.15, 0.2) is 70.4 Å². The summed E-state index contributed by atoms with van der Waals surface area (Å²) in [5.74, 6) is 1.32. The Morgan fingerprint density at radius 2 is 1.94 bits per heavy atom. The Morgan fingerprint density at radius 3 is 2.83 bits per heavy atom. The van der Waals surface area contributed by atoms with Crippen LogP contribution in [0.4, 0.5) is 0 Å². The van der Waals surface area contributed by atoms with Gasteiger partial charge in [-0.05, 0) is 53.0 Å². The number of hydrogen-bond acceptors (Lipinski definition) is 0. The van der Waals surface area contributed by atoms with E-state index in [1.54, 1.807) is 16.7 Å². The Labute approximate surface area is 109 Å². The van der Waals surface area contributed by atoms with Crippen LogP contribution in [0, 0.1) is 11.8 Å². The van der Waals surface area contributed by atoms with Crippen LogP contribution in [-0.2, 0) is 0 Å². The van der Waals surface area contributed by atoms with Crippen LogP contribution in [0.25, 0.3) is 0 Å². The summed E-state index contributed by atoms with van der Waals surface area (Å²) in [5.41, 5.74) is 7.81. The van der Waals surface area contributed by atoms with Crippen molar-refractivity contribution in [2.75, 3.05) is 0 Å². The average molecular weight is 234 g/mol. The molecule has 2 unspecified atom stereocenters. The van der Waals surface area contributed by atoms with Crippen LogP contribution in [0.3, 0.4) is 0 Å². The van der Waals surface area contributed by atoms with Gasteiger partial charge in [-0.15, -0.1) is 0 Å². The molecule has 0 saturated carbocycles. The highest BCUT2D eigenvalue weighted by Gasteiger charge is 2.35. The van der Waals surface area contributed by atoms with Gasteiger partial charge in [0.2, 0.25) is 0 Å². The van der Waals surface area contributed by atoms with Gasteiger partial charge < -0.3 is 0 Å². The molecule has 0 aliphatic heterocycles. The van der Waals surface area contributed by atoms with E-state index in [0.29, 0.717) is 5.92 Å². The fourth-order valence-corrected chi connectivity index (χ4v) is 3.88. The van der Waals surface area contributed by atoms with Crippen LogP contribution >= 0.6 is 0 Å². The summed E-state index contributed by atoms with van der Waals surface area (Å²) >= 11 is 0. The fraction of sp³-hybridized carbons (Fsp3) is 0.333. The van der Waals surface area contributed by atoms with Crippen LogP contribution in [0.5, 0.6) is 0 Å². The lowest BCUT2D eigenvalue weighted by Crippen LogP contribution is -2.25. The van der Waals surface area contributed by atoms with E-state index in [-0.39, 0.29) is 0 Å². The van der Waals surface area contributed by atoms with Gasteiger partial charge in [-0.3, -0.25) is 0 Å². The van der Waals surface area contributed by atoms with Crippen molar-refractivity contribution in [2.24, 2.45) is 11.8 Å². The summed E-state index contributed by atoms with van der Waals surface area (Å²) in [6.45, 7) is 2.33. The Morgan fingerprint density at radius 1 is 1.06 bits per heavy atom. The van der Waals surface area contributed by atoms with E-state index in [0.717, 1.165) is 5.92 Å². The first kappa shape index (κ1) is 10.4. The van der Waals surface area contributed by atoms with E-state index in [1.807, 2.05) is 0 Å². The zero-order chi connectivity index (χ0) is 12.1. The highest BCUT2D eigenvalue weighted by Crippen LogP contribution is 2.50. The van der Waals surface area contributed by atoms with Gasteiger partial charge in [-0.2, -0.15) is 0 Å². The summed E-state index contributed by atoms with van der Waals surface area (Å²) < 4.78 is 0. The molecule has 0 amide bonds. The van der Waals surface area contributed by atoms with Crippen molar-refractivity contribution in [3.05, 3.63) is 70.4 Å². The maximum atomic E-state index is 2.39. The molecule has 0 aromatic rings. The molecule has 2 atom stereocenters. The van der Waals surface area contributed by atoms with Gasteiger partial charge in [-0.1, -0.05) is 49.5 Å². The van der Waals surface area contributed by atoms with Crippen LogP contribution in [0.2, 0.25) is 0 Å². The van der Waals surface area contributed by atoms with Crippen molar-refractivity contribution in [3.8, 4) is 0 Å². The minimum absolute atomic E-state index is 0.546. The van der Waals surface area contributed by atoms with Crippen LogP contribution < -0.4 is 0 Å². The Hall–Kier alpha value is -1.56. The van der Waals surface area contributed by atoms with E-state index in [2.05, 4.69) is 49.5 Å². The van der Waals surface area contributed by atoms with Crippen molar-refractivity contribution >= 4 is 0 Å². The Balaban J connectivity index is 1.96. The number of allylic oxidation sites excluding steroid dienone is 12. The largest absolute Gasteiger partial charge is 0.0648 e. The van der Waals surface area contributed by atoms with Crippen molar-refractivity contribution in [3.63, 3.8) is 0 Å². The lowest BCUT2D eigenvalue weighted by molar-refractivity contribution is 0.515. The lowest BCUT2D eigenvalue weighted by atomic mass is 9.65. The van der Waals surface area contributed by atoms with E-state index >= 15 is 0 Å². The second kappa shape index (κ2) is 3.71. The molecule has 0 heterocycles.